The van der Waals surface area contributed by atoms with Crippen LogP contribution >= 0.6 is 0 Å². The van der Waals surface area contributed by atoms with Crippen LogP contribution < -0.4 is 0 Å². The fourth-order valence-electron chi connectivity index (χ4n) is 2.84. The van der Waals surface area contributed by atoms with Gasteiger partial charge in [-0.05, 0) is 48.6 Å². The molecule has 21 heavy (non-hydrogen) atoms. The maximum absolute atomic E-state index is 12.4. The van der Waals surface area contributed by atoms with E-state index < -0.39 is 0 Å². The number of piperidine rings is 1. The quantitative estimate of drug-likeness (QED) is 0.921. The molecular formula is C17H18N2O2. The molecule has 1 saturated heterocycles. The highest BCUT2D eigenvalue weighted by Crippen LogP contribution is 2.29. The minimum absolute atomic E-state index is 0.0848. The molecule has 4 nitrogen and oxygen atoms in total. The standard InChI is InChI=1S/C17H18N2O2/c20-16-3-1-13(2-4-16)14-7-11-19(12-8-14)17(21)15-5-9-18-10-6-15/h1-6,9-10,14,20H,7-8,11-12H2. The van der Waals surface area contributed by atoms with Gasteiger partial charge in [0.15, 0.2) is 0 Å². The number of carbonyl (C=O) groups excluding carboxylic acids is 1. The summed E-state index contributed by atoms with van der Waals surface area (Å²) in [7, 11) is 0. The van der Waals surface area contributed by atoms with Crippen LogP contribution in [-0.2, 0) is 0 Å². The van der Waals surface area contributed by atoms with Crippen LogP contribution in [0.3, 0.4) is 0 Å². The predicted molar refractivity (Wildman–Crippen MR) is 80.2 cm³/mol. The van der Waals surface area contributed by atoms with Crippen LogP contribution in [0.2, 0.25) is 0 Å². The molecule has 0 unspecified atom stereocenters. The van der Waals surface area contributed by atoms with Crippen molar-refractivity contribution in [1.82, 2.24) is 9.88 Å². The molecule has 1 fully saturated rings. The van der Waals surface area contributed by atoms with E-state index >= 15 is 0 Å². The van der Waals surface area contributed by atoms with Crippen molar-refractivity contribution in [3.63, 3.8) is 0 Å². The summed E-state index contributed by atoms with van der Waals surface area (Å²) in [6.45, 7) is 1.54. The molecule has 1 aromatic heterocycles. The van der Waals surface area contributed by atoms with Crippen LogP contribution in [0.1, 0.15) is 34.7 Å². The Bertz CT molecular complexity index is 602. The Kier molecular flexibility index (Phi) is 3.86. The first-order valence-corrected chi connectivity index (χ1v) is 7.22. The number of carbonyl (C=O) groups is 1. The van der Waals surface area contributed by atoms with Gasteiger partial charge in [-0.1, -0.05) is 12.1 Å². The van der Waals surface area contributed by atoms with Crippen molar-refractivity contribution in [2.24, 2.45) is 0 Å². The average Bonchev–Trinajstić information content (AvgIpc) is 2.56. The second kappa shape index (κ2) is 5.95. The predicted octanol–water partition coefficient (Wildman–Crippen LogP) is 2.81. The van der Waals surface area contributed by atoms with Crippen LogP contribution in [0, 0.1) is 0 Å². The largest absolute Gasteiger partial charge is 0.508 e. The molecule has 0 spiro atoms. The summed E-state index contributed by atoms with van der Waals surface area (Å²) in [5.41, 5.74) is 1.94. The maximum Gasteiger partial charge on any atom is 0.253 e. The van der Waals surface area contributed by atoms with Crippen molar-refractivity contribution in [2.45, 2.75) is 18.8 Å². The first-order chi connectivity index (χ1) is 10.2. The lowest BCUT2D eigenvalue weighted by molar-refractivity contribution is 0.0713. The summed E-state index contributed by atoms with van der Waals surface area (Å²) in [4.78, 5) is 18.2. The number of aromatic hydroxyl groups is 1. The monoisotopic (exact) mass is 282 g/mol. The Hall–Kier alpha value is -2.36. The number of nitrogens with zero attached hydrogens (tertiary/aromatic N) is 2. The summed E-state index contributed by atoms with van der Waals surface area (Å²) in [5.74, 6) is 0.845. The first kappa shape index (κ1) is 13.6. The van der Waals surface area contributed by atoms with Crippen molar-refractivity contribution in [3.05, 3.63) is 59.9 Å². The molecule has 0 atom stereocenters. The molecule has 3 rings (SSSR count). The van der Waals surface area contributed by atoms with Crippen LogP contribution in [-0.4, -0.2) is 34.0 Å². The fourth-order valence-corrected chi connectivity index (χ4v) is 2.84. The van der Waals surface area contributed by atoms with Gasteiger partial charge in [0, 0.05) is 31.0 Å². The summed E-state index contributed by atoms with van der Waals surface area (Å²) < 4.78 is 0. The second-order valence-corrected chi connectivity index (χ2v) is 5.39. The fraction of sp³-hybridized carbons (Fsp3) is 0.294. The van der Waals surface area contributed by atoms with Gasteiger partial charge in [0.1, 0.15) is 5.75 Å². The Morgan fingerprint density at radius 2 is 1.67 bits per heavy atom. The smallest absolute Gasteiger partial charge is 0.253 e. The van der Waals surface area contributed by atoms with E-state index in [0.717, 1.165) is 25.9 Å². The van der Waals surface area contributed by atoms with Gasteiger partial charge < -0.3 is 10.0 Å². The highest BCUT2D eigenvalue weighted by atomic mass is 16.3. The minimum atomic E-state index is 0.0848. The van der Waals surface area contributed by atoms with E-state index in [1.165, 1.54) is 5.56 Å². The summed E-state index contributed by atoms with van der Waals surface area (Å²) in [6, 6.07) is 10.9. The molecule has 0 aliphatic carbocycles. The lowest BCUT2D eigenvalue weighted by atomic mass is 9.89. The van der Waals surface area contributed by atoms with Crippen LogP contribution in [0.5, 0.6) is 5.75 Å². The number of hydrogen-bond donors (Lipinski definition) is 1. The molecular weight excluding hydrogens is 264 g/mol. The number of hydrogen-bond acceptors (Lipinski definition) is 3. The van der Waals surface area contributed by atoms with Gasteiger partial charge in [-0.25, -0.2) is 0 Å². The van der Waals surface area contributed by atoms with Gasteiger partial charge in [-0.3, -0.25) is 9.78 Å². The van der Waals surface area contributed by atoms with Gasteiger partial charge in [0.2, 0.25) is 0 Å². The van der Waals surface area contributed by atoms with Crippen molar-refractivity contribution in [1.29, 1.82) is 0 Å². The number of benzene rings is 1. The highest BCUT2D eigenvalue weighted by Gasteiger charge is 2.24. The highest BCUT2D eigenvalue weighted by molar-refractivity contribution is 5.94. The zero-order valence-corrected chi connectivity index (χ0v) is 11.8. The van der Waals surface area contributed by atoms with Crippen LogP contribution in [0.15, 0.2) is 48.8 Å². The van der Waals surface area contributed by atoms with Crippen molar-refractivity contribution >= 4 is 5.91 Å². The molecule has 0 radical (unpaired) electrons. The van der Waals surface area contributed by atoms with Gasteiger partial charge in [0.25, 0.3) is 5.91 Å². The van der Waals surface area contributed by atoms with Gasteiger partial charge in [-0.2, -0.15) is 0 Å². The van der Waals surface area contributed by atoms with E-state index in [-0.39, 0.29) is 5.91 Å². The number of likely N-dealkylation sites (tertiary alicyclic amines) is 1. The Labute approximate surface area is 124 Å². The zero-order chi connectivity index (χ0) is 14.7. The number of aromatic nitrogens is 1. The SMILES string of the molecule is O=C(c1ccncc1)N1CCC(c2ccc(O)cc2)CC1. The van der Waals surface area contributed by atoms with E-state index in [2.05, 4.69) is 4.98 Å². The average molecular weight is 282 g/mol. The summed E-state index contributed by atoms with van der Waals surface area (Å²) in [6.07, 6.45) is 5.22. The van der Waals surface area contributed by atoms with Crippen molar-refractivity contribution in [3.8, 4) is 5.75 Å². The van der Waals surface area contributed by atoms with Crippen LogP contribution in [0.25, 0.3) is 0 Å². The van der Waals surface area contributed by atoms with Crippen LogP contribution in [0.4, 0.5) is 0 Å². The van der Waals surface area contributed by atoms with E-state index in [4.69, 9.17) is 0 Å². The maximum atomic E-state index is 12.4. The van der Waals surface area contributed by atoms with E-state index in [9.17, 15) is 9.90 Å². The van der Waals surface area contributed by atoms with Gasteiger partial charge in [0.05, 0.1) is 0 Å². The molecule has 108 valence electrons. The first-order valence-electron chi connectivity index (χ1n) is 7.22. The molecule has 1 aliphatic heterocycles. The lowest BCUT2D eigenvalue weighted by Gasteiger charge is -2.32. The molecule has 1 N–H and O–H groups in total. The molecule has 4 heteroatoms. The molecule has 0 saturated carbocycles. The number of pyridine rings is 1. The Balaban J connectivity index is 1.63. The van der Waals surface area contributed by atoms with E-state index in [1.54, 1.807) is 36.7 Å². The summed E-state index contributed by atoms with van der Waals surface area (Å²) >= 11 is 0. The second-order valence-electron chi connectivity index (χ2n) is 5.39. The van der Waals surface area contributed by atoms with E-state index in [0.29, 0.717) is 17.2 Å². The topological polar surface area (TPSA) is 53.4 Å². The third-order valence-corrected chi connectivity index (χ3v) is 4.07. The van der Waals surface area contributed by atoms with Gasteiger partial charge >= 0.3 is 0 Å². The Morgan fingerprint density at radius 3 is 2.29 bits per heavy atom. The molecule has 1 aromatic carbocycles. The molecule has 0 bridgehead atoms. The third kappa shape index (κ3) is 3.05. The molecule has 1 aliphatic rings. The normalized spacial score (nSPS) is 15.9. The molecule has 2 heterocycles. The van der Waals surface area contributed by atoms with Crippen molar-refractivity contribution in [2.75, 3.05) is 13.1 Å². The van der Waals surface area contributed by atoms with Crippen molar-refractivity contribution < 1.29 is 9.90 Å². The number of amides is 1. The van der Waals surface area contributed by atoms with Gasteiger partial charge in [-0.15, -0.1) is 0 Å². The van der Waals surface area contributed by atoms with E-state index in [1.807, 2.05) is 17.0 Å². The molecule has 2 aromatic rings. The number of rotatable bonds is 2. The lowest BCUT2D eigenvalue weighted by Crippen LogP contribution is -2.37. The number of phenols is 1. The molecule has 1 amide bonds. The zero-order valence-electron chi connectivity index (χ0n) is 11.8. The summed E-state index contributed by atoms with van der Waals surface area (Å²) in [5, 5.41) is 9.34. The Morgan fingerprint density at radius 1 is 1.05 bits per heavy atom. The third-order valence-electron chi connectivity index (χ3n) is 4.07. The number of phenolic OH excluding ortho intramolecular Hbond substituents is 1. The minimum Gasteiger partial charge on any atom is -0.508 e.